The monoisotopic (exact) mass is 343 g/mol. The summed E-state index contributed by atoms with van der Waals surface area (Å²) >= 11 is 0. The summed E-state index contributed by atoms with van der Waals surface area (Å²) in [5.41, 5.74) is 2.28. The number of hydrogen-bond acceptors (Lipinski definition) is 4. The van der Waals surface area contributed by atoms with Gasteiger partial charge in [-0.25, -0.2) is 0 Å². The highest BCUT2D eigenvalue weighted by atomic mass is 35.5. The first-order valence-electron chi connectivity index (χ1n) is 8.01. The zero-order valence-electron chi connectivity index (χ0n) is 14.3. The summed E-state index contributed by atoms with van der Waals surface area (Å²) in [6, 6.07) is 4.17. The summed E-state index contributed by atoms with van der Waals surface area (Å²) in [4.78, 5) is 0. The second kappa shape index (κ2) is 13.2. The predicted octanol–water partition coefficient (Wildman–Crippen LogP) is 3.50. The lowest BCUT2D eigenvalue weighted by molar-refractivity contribution is 0.283. The second-order valence-electron chi connectivity index (χ2n) is 5.17. The number of allylic oxidation sites excluding steroid dienone is 1. The molecule has 4 nitrogen and oxygen atoms in total. The van der Waals surface area contributed by atoms with Gasteiger partial charge in [0.05, 0.1) is 13.7 Å². The number of aliphatic hydroxyl groups is 1. The number of benzene rings is 1. The van der Waals surface area contributed by atoms with Crippen LogP contribution in [0.5, 0.6) is 11.5 Å². The van der Waals surface area contributed by atoms with Crippen LogP contribution in [-0.4, -0.2) is 32.0 Å². The van der Waals surface area contributed by atoms with Crippen molar-refractivity contribution in [2.45, 2.75) is 39.2 Å². The lowest BCUT2D eigenvalue weighted by Crippen LogP contribution is -2.15. The first-order valence-corrected chi connectivity index (χ1v) is 8.01. The number of methoxy groups -OCH3 is 1. The van der Waals surface area contributed by atoms with E-state index in [2.05, 4.69) is 18.0 Å². The largest absolute Gasteiger partial charge is 0.493 e. The molecule has 1 rings (SSSR count). The van der Waals surface area contributed by atoms with E-state index < -0.39 is 0 Å². The Bertz CT molecular complexity index is 452. The Labute approximate surface area is 146 Å². The normalized spacial score (nSPS) is 10.0. The van der Waals surface area contributed by atoms with Gasteiger partial charge in [-0.15, -0.1) is 19.0 Å². The zero-order chi connectivity index (χ0) is 16.2. The Morgan fingerprint density at radius 2 is 2.04 bits per heavy atom. The standard InChI is InChI=1S/C18H29NO3.ClH/c1-4-9-16-12-15(14-19-10-7-6-8-11-20)13-17(21-3)18(16)22-5-2;/h4,12-13,19-20H,1,5-11,14H2,2-3H3;1H. The summed E-state index contributed by atoms with van der Waals surface area (Å²) in [6.45, 7) is 8.43. The van der Waals surface area contributed by atoms with Crippen LogP contribution in [0.15, 0.2) is 24.8 Å². The Hall–Kier alpha value is -1.23. The van der Waals surface area contributed by atoms with Crippen LogP contribution in [0.1, 0.15) is 37.3 Å². The van der Waals surface area contributed by atoms with Crippen molar-refractivity contribution in [1.82, 2.24) is 5.32 Å². The number of ether oxygens (including phenoxy) is 2. The number of aliphatic hydroxyl groups excluding tert-OH is 1. The zero-order valence-corrected chi connectivity index (χ0v) is 15.1. The van der Waals surface area contributed by atoms with Crippen molar-refractivity contribution < 1.29 is 14.6 Å². The van der Waals surface area contributed by atoms with Crippen molar-refractivity contribution in [1.29, 1.82) is 0 Å². The van der Waals surface area contributed by atoms with Crippen LogP contribution < -0.4 is 14.8 Å². The summed E-state index contributed by atoms with van der Waals surface area (Å²) < 4.78 is 11.2. The average molecular weight is 344 g/mol. The lowest BCUT2D eigenvalue weighted by atomic mass is 10.1. The molecule has 0 aliphatic rings. The van der Waals surface area contributed by atoms with Crippen LogP contribution in [0, 0.1) is 0 Å². The maximum absolute atomic E-state index is 8.75. The summed E-state index contributed by atoms with van der Waals surface area (Å²) in [6.07, 6.45) is 5.65. The van der Waals surface area contributed by atoms with Crippen LogP contribution in [0.25, 0.3) is 0 Å². The Morgan fingerprint density at radius 1 is 1.26 bits per heavy atom. The molecule has 0 aliphatic heterocycles. The van der Waals surface area contributed by atoms with Crippen LogP contribution >= 0.6 is 12.4 Å². The summed E-state index contributed by atoms with van der Waals surface area (Å²) in [7, 11) is 1.67. The molecular formula is C18H30ClNO3. The SMILES string of the molecule is C=CCc1cc(CNCCCCCO)cc(OC)c1OCC.Cl. The van der Waals surface area contributed by atoms with Gasteiger partial charge in [-0.1, -0.05) is 12.1 Å². The highest BCUT2D eigenvalue weighted by Gasteiger charge is 2.12. The molecule has 0 amide bonds. The molecule has 0 saturated heterocycles. The molecule has 0 spiro atoms. The number of halogens is 1. The molecule has 1 aromatic rings. The van der Waals surface area contributed by atoms with Crippen molar-refractivity contribution in [3.05, 3.63) is 35.9 Å². The Kier molecular flexibility index (Phi) is 12.5. The van der Waals surface area contributed by atoms with Gasteiger partial charge in [-0.05, 0) is 50.8 Å². The van der Waals surface area contributed by atoms with E-state index in [9.17, 15) is 0 Å². The Balaban J connectivity index is 0.00000484. The lowest BCUT2D eigenvalue weighted by Gasteiger charge is -2.16. The van der Waals surface area contributed by atoms with E-state index in [-0.39, 0.29) is 19.0 Å². The van der Waals surface area contributed by atoms with Gasteiger partial charge >= 0.3 is 0 Å². The maximum Gasteiger partial charge on any atom is 0.164 e. The fourth-order valence-electron chi connectivity index (χ4n) is 2.36. The molecule has 0 bridgehead atoms. The average Bonchev–Trinajstić information content (AvgIpc) is 2.53. The fourth-order valence-corrected chi connectivity index (χ4v) is 2.36. The molecule has 23 heavy (non-hydrogen) atoms. The van der Waals surface area contributed by atoms with E-state index in [1.165, 1.54) is 5.56 Å². The van der Waals surface area contributed by atoms with E-state index in [4.69, 9.17) is 14.6 Å². The third kappa shape index (κ3) is 7.73. The maximum atomic E-state index is 8.75. The molecule has 0 atom stereocenters. The molecule has 132 valence electrons. The van der Waals surface area contributed by atoms with Crippen molar-refractivity contribution in [3.8, 4) is 11.5 Å². The summed E-state index contributed by atoms with van der Waals surface area (Å²) in [5, 5.41) is 12.2. The second-order valence-corrected chi connectivity index (χ2v) is 5.17. The molecule has 0 unspecified atom stereocenters. The van der Waals surface area contributed by atoms with Crippen LogP contribution in [0.2, 0.25) is 0 Å². The molecule has 2 N–H and O–H groups in total. The van der Waals surface area contributed by atoms with Crippen molar-refractivity contribution in [2.24, 2.45) is 0 Å². The fraction of sp³-hybridized carbons (Fsp3) is 0.556. The molecule has 0 aromatic heterocycles. The van der Waals surface area contributed by atoms with E-state index in [1.54, 1.807) is 7.11 Å². The predicted molar refractivity (Wildman–Crippen MR) is 98.0 cm³/mol. The van der Waals surface area contributed by atoms with Gasteiger partial charge in [-0.2, -0.15) is 0 Å². The quantitative estimate of drug-likeness (QED) is 0.450. The van der Waals surface area contributed by atoms with Gasteiger partial charge in [0.1, 0.15) is 0 Å². The van der Waals surface area contributed by atoms with Crippen molar-refractivity contribution in [3.63, 3.8) is 0 Å². The minimum absolute atomic E-state index is 0. The molecule has 1 aromatic carbocycles. The van der Waals surface area contributed by atoms with E-state index >= 15 is 0 Å². The highest BCUT2D eigenvalue weighted by Crippen LogP contribution is 2.33. The van der Waals surface area contributed by atoms with Gasteiger partial charge in [0, 0.05) is 18.7 Å². The summed E-state index contributed by atoms with van der Waals surface area (Å²) in [5.74, 6) is 1.59. The van der Waals surface area contributed by atoms with E-state index in [0.717, 1.165) is 55.8 Å². The molecule has 0 aliphatic carbocycles. The molecule has 0 fully saturated rings. The molecule has 0 radical (unpaired) electrons. The first kappa shape index (κ1) is 21.8. The van der Waals surface area contributed by atoms with Crippen molar-refractivity contribution in [2.75, 3.05) is 26.9 Å². The van der Waals surface area contributed by atoms with Crippen LogP contribution in [0.4, 0.5) is 0 Å². The van der Waals surface area contributed by atoms with Crippen molar-refractivity contribution >= 4 is 12.4 Å². The van der Waals surface area contributed by atoms with Gasteiger partial charge in [0.15, 0.2) is 11.5 Å². The van der Waals surface area contributed by atoms with Gasteiger partial charge in [0.2, 0.25) is 0 Å². The third-order valence-corrected chi connectivity index (χ3v) is 3.41. The minimum atomic E-state index is 0. The number of hydrogen-bond donors (Lipinski definition) is 2. The molecular weight excluding hydrogens is 314 g/mol. The molecule has 0 saturated carbocycles. The van der Waals surface area contributed by atoms with Gasteiger partial charge in [0.25, 0.3) is 0 Å². The van der Waals surface area contributed by atoms with E-state index in [0.29, 0.717) is 6.61 Å². The first-order chi connectivity index (χ1) is 10.8. The third-order valence-electron chi connectivity index (χ3n) is 3.41. The number of unbranched alkanes of at least 4 members (excludes halogenated alkanes) is 2. The minimum Gasteiger partial charge on any atom is -0.493 e. The van der Waals surface area contributed by atoms with E-state index in [1.807, 2.05) is 19.1 Å². The Morgan fingerprint density at radius 3 is 2.65 bits per heavy atom. The van der Waals surface area contributed by atoms with Gasteiger partial charge < -0.3 is 19.9 Å². The molecule has 0 heterocycles. The van der Waals surface area contributed by atoms with Crippen LogP contribution in [-0.2, 0) is 13.0 Å². The van der Waals surface area contributed by atoms with Gasteiger partial charge in [-0.3, -0.25) is 0 Å². The van der Waals surface area contributed by atoms with Crippen LogP contribution in [0.3, 0.4) is 0 Å². The highest BCUT2D eigenvalue weighted by molar-refractivity contribution is 5.85. The number of nitrogens with one attached hydrogen (secondary N) is 1. The smallest absolute Gasteiger partial charge is 0.164 e. The number of rotatable bonds is 12. The molecule has 5 heteroatoms. The topological polar surface area (TPSA) is 50.7 Å².